The highest BCUT2D eigenvalue weighted by Crippen LogP contribution is 2.24. The fraction of sp³-hybridized carbons (Fsp3) is 0.538. The zero-order valence-corrected chi connectivity index (χ0v) is 13.2. The second-order valence-corrected chi connectivity index (χ2v) is 5.58. The fourth-order valence-corrected chi connectivity index (χ4v) is 2.73. The van der Waals surface area contributed by atoms with Crippen molar-refractivity contribution in [3.8, 4) is 11.5 Å². The van der Waals surface area contributed by atoms with E-state index in [1.807, 2.05) is 17.7 Å². The lowest BCUT2D eigenvalue weighted by Crippen LogP contribution is -2.06. The number of hydrogen-bond acceptors (Lipinski definition) is 5. The van der Waals surface area contributed by atoms with Crippen molar-refractivity contribution in [3.63, 3.8) is 0 Å². The van der Waals surface area contributed by atoms with E-state index in [-0.39, 0.29) is 5.75 Å². The van der Waals surface area contributed by atoms with Gasteiger partial charge < -0.3 is 9.67 Å². The van der Waals surface area contributed by atoms with Crippen molar-refractivity contribution in [1.82, 2.24) is 24.5 Å². The average molecular weight is 309 g/mol. The van der Waals surface area contributed by atoms with Crippen molar-refractivity contribution >= 4 is 17.7 Å². The third-order valence-electron chi connectivity index (χ3n) is 3.01. The number of aliphatic carboxylic acids is 1. The Kier molecular flexibility index (Phi) is 5.00. The molecule has 1 N–H and O–H groups in total. The van der Waals surface area contributed by atoms with Gasteiger partial charge in [0, 0.05) is 13.6 Å². The molecule has 0 spiro atoms. The predicted molar refractivity (Wildman–Crippen MR) is 80.3 cm³/mol. The third kappa shape index (κ3) is 3.44. The predicted octanol–water partition coefficient (Wildman–Crippen LogP) is 1.83. The first kappa shape index (κ1) is 15.6. The van der Waals surface area contributed by atoms with Crippen LogP contribution in [-0.2, 0) is 24.8 Å². The van der Waals surface area contributed by atoms with Gasteiger partial charge in [0.2, 0.25) is 0 Å². The van der Waals surface area contributed by atoms with Crippen molar-refractivity contribution in [2.45, 2.75) is 38.4 Å². The number of carbonyl (C=O) groups is 1. The maximum atomic E-state index is 10.7. The molecule has 0 radical (unpaired) electrons. The first-order valence-corrected chi connectivity index (χ1v) is 7.86. The number of rotatable bonds is 7. The van der Waals surface area contributed by atoms with Crippen LogP contribution in [0.25, 0.3) is 11.5 Å². The number of hydrogen-bond donors (Lipinski definition) is 1. The Morgan fingerprint density at radius 3 is 2.71 bits per heavy atom. The number of aromatic nitrogens is 5. The van der Waals surface area contributed by atoms with Crippen molar-refractivity contribution in [2.75, 3.05) is 5.75 Å². The SMILES string of the molecule is CCCn1c(SCC(=O)O)nnc1-c1cc(CC)nn1C. The molecule has 0 aromatic carbocycles. The molecule has 8 heteroatoms. The summed E-state index contributed by atoms with van der Waals surface area (Å²) in [5.74, 6) is -0.145. The summed E-state index contributed by atoms with van der Waals surface area (Å²) in [6, 6.07) is 2.00. The molecule has 0 unspecified atom stereocenters. The summed E-state index contributed by atoms with van der Waals surface area (Å²) in [4.78, 5) is 10.7. The maximum absolute atomic E-state index is 10.7. The maximum Gasteiger partial charge on any atom is 0.313 e. The van der Waals surface area contributed by atoms with Gasteiger partial charge in [0.25, 0.3) is 0 Å². The van der Waals surface area contributed by atoms with Crippen molar-refractivity contribution < 1.29 is 9.90 Å². The van der Waals surface area contributed by atoms with E-state index in [1.54, 1.807) is 4.68 Å². The van der Waals surface area contributed by atoms with Crippen LogP contribution in [0, 0.1) is 0 Å². The van der Waals surface area contributed by atoms with Crippen molar-refractivity contribution in [1.29, 1.82) is 0 Å². The van der Waals surface area contributed by atoms with Gasteiger partial charge in [-0.1, -0.05) is 25.6 Å². The van der Waals surface area contributed by atoms with Crippen LogP contribution in [0.4, 0.5) is 0 Å². The lowest BCUT2D eigenvalue weighted by Gasteiger charge is -2.08. The van der Waals surface area contributed by atoms with Gasteiger partial charge >= 0.3 is 5.97 Å². The molecule has 2 rings (SSSR count). The number of carboxylic acid groups (broad SMARTS) is 1. The Morgan fingerprint density at radius 1 is 1.38 bits per heavy atom. The first-order chi connectivity index (χ1) is 10.1. The minimum atomic E-state index is -0.860. The highest BCUT2D eigenvalue weighted by molar-refractivity contribution is 7.99. The molecule has 0 atom stereocenters. The summed E-state index contributed by atoms with van der Waals surface area (Å²) in [6.45, 7) is 4.87. The third-order valence-corrected chi connectivity index (χ3v) is 3.96. The summed E-state index contributed by atoms with van der Waals surface area (Å²) >= 11 is 1.19. The second kappa shape index (κ2) is 6.75. The molecule has 0 amide bonds. The highest BCUT2D eigenvalue weighted by Gasteiger charge is 2.18. The second-order valence-electron chi connectivity index (χ2n) is 4.64. The van der Waals surface area contributed by atoms with Gasteiger partial charge in [-0.25, -0.2) is 0 Å². The number of aryl methyl sites for hydroxylation is 2. The summed E-state index contributed by atoms with van der Waals surface area (Å²) in [5.41, 5.74) is 1.90. The molecule has 0 saturated carbocycles. The molecule has 2 aromatic rings. The van der Waals surface area contributed by atoms with E-state index < -0.39 is 5.97 Å². The van der Waals surface area contributed by atoms with E-state index in [2.05, 4.69) is 29.1 Å². The minimum Gasteiger partial charge on any atom is -0.481 e. The average Bonchev–Trinajstić information content (AvgIpc) is 3.00. The van der Waals surface area contributed by atoms with Gasteiger partial charge in [0.15, 0.2) is 11.0 Å². The Bertz CT molecular complexity index is 635. The van der Waals surface area contributed by atoms with E-state index in [0.717, 1.165) is 36.6 Å². The Labute approximate surface area is 127 Å². The quantitative estimate of drug-likeness (QED) is 0.785. The monoisotopic (exact) mass is 309 g/mol. The molecule has 21 heavy (non-hydrogen) atoms. The largest absolute Gasteiger partial charge is 0.481 e. The zero-order chi connectivity index (χ0) is 15.4. The molecule has 0 fully saturated rings. The molecule has 0 aliphatic carbocycles. The lowest BCUT2D eigenvalue weighted by molar-refractivity contribution is -0.133. The van der Waals surface area contributed by atoms with E-state index in [4.69, 9.17) is 5.11 Å². The molecular formula is C13H19N5O2S. The molecule has 2 heterocycles. The molecule has 7 nitrogen and oxygen atoms in total. The smallest absolute Gasteiger partial charge is 0.313 e. The van der Waals surface area contributed by atoms with Crippen LogP contribution >= 0.6 is 11.8 Å². The number of thioether (sulfide) groups is 1. The van der Waals surface area contributed by atoms with E-state index in [1.165, 1.54) is 11.8 Å². The molecule has 0 saturated heterocycles. The van der Waals surface area contributed by atoms with Crippen LogP contribution in [0.3, 0.4) is 0 Å². The van der Waals surface area contributed by atoms with Gasteiger partial charge in [0.1, 0.15) is 5.69 Å². The normalized spacial score (nSPS) is 11.0. The number of carboxylic acids is 1. The van der Waals surface area contributed by atoms with E-state index >= 15 is 0 Å². The Balaban J connectivity index is 2.38. The summed E-state index contributed by atoms with van der Waals surface area (Å²) in [6.07, 6.45) is 1.78. The van der Waals surface area contributed by atoms with Crippen molar-refractivity contribution in [2.24, 2.45) is 7.05 Å². The van der Waals surface area contributed by atoms with Gasteiger partial charge in [-0.15, -0.1) is 10.2 Å². The van der Waals surface area contributed by atoms with Crippen LogP contribution in [0.5, 0.6) is 0 Å². The van der Waals surface area contributed by atoms with E-state index in [0.29, 0.717) is 5.16 Å². The van der Waals surface area contributed by atoms with Crippen LogP contribution in [-0.4, -0.2) is 41.4 Å². The van der Waals surface area contributed by atoms with Crippen LogP contribution in [0.15, 0.2) is 11.2 Å². The molecule has 2 aromatic heterocycles. The summed E-state index contributed by atoms with van der Waals surface area (Å²) in [5, 5.41) is 22.2. The van der Waals surface area contributed by atoms with E-state index in [9.17, 15) is 4.79 Å². The first-order valence-electron chi connectivity index (χ1n) is 6.87. The fourth-order valence-electron chi connectivity index (χ4n) is 2.05. The van der Waals surface area contributed by atoms with Gasteiger partial charge in [-0.05, 0) is 18.9 Å². The highest BCUT2D eigenvalue weighted by atomic mass is 32.2. The van der Waals surface area contributed by atoms with Gasteiger partial charge in [-0.2, -0.15) is 5.10 Å². The van der Waals surface area contributed by atoms with Crippen molar-refractivity contribution in [3.05, 3.63) is 11.8 Å². The summed E-state index contributed by atoms with van der Waals surface area (Å²) in [7, 11) is 1.88. The summed E-state index contributed by atoms with van der Waals surface area (Å²) < 4.78 is 3.75. The van der Waals surface area contributed by atoms with Crippen LogP contribution < -0.4 is 0 Å². The molecule has 0 aliphatic rings. The molecule has 0 aliphatic heterocycles. The number of nitrogens with zero attached hydrogens (tertiary/aromatic N) is 5. The van der Waals surface area contributed by atoms with Gasteiger partial charge in [-0.3, -0.25) is 9.48 Å². The minimum absolute atomic E-state index is 0.0204. The standard InChI is InChI=1S/C13H19N5O2S/c1-4-6-18-12(10-7-9(5-2)16-17(10)3)14-15-13(18)21-8-11(19)20/h7H,4-6,8H2,1-3H3,(H,19,20). The van der Waals surface area contributed by atoms with Crippen LogP contribution in [0.1, 0.15) is 26.0 Å². The topological polar surface area (TPSA) is 85.8 Å². The van der Waals surface area contributed by atoms with Gasteiger partial charge in [0.05, 0.1) is 11.4 Å². The zero-order valence-electron chi connectivity index (χ0n) is 12.4. The molecular weight excluding hydrogens is 290 g/mol. The lowest BCUT2D eigenvalue weighted by atomic mass is 10.3. The molecule has 0 bridgehead atoms. The molecule has 114 valence electrons. The van der Waals surface area contributed by atoms with Crippen LogP contribution in [0.2, 0.25) is 0 Å². The Hall–Kier alpha value is -1.83. The Morgan fingerprint density at radius 2 is 2.14 bits per heavy atom.